The second-order valence-electron chi connectivity index (χ2n) is 4.83. The molecule has 0 aliphatic carbocycles. The smallest absolute Gasteiger partial charge is 0.132 e. The Morgan fingerprint density at radius 3 is 1.05 bits per heavy atom. The molecule has 0 amide bonds. The molecule has 0 aliphatic heterocycles. The van der Waals surface area contributed by atoms with Crippen molar-refractivity contribution >= 4 is 0 Å². The van der Waals surface area contributed by atoms with Crippen molar-refractivity contribution in [2.75, 3.05) is 45.8 Å². The molecule has 0 rings (SSSR count). The first-order chi connectivity index (χ1) is 9.12. The number of rotatable bonds is 11. The third-order valence-electron chi connectivity index (χ3n) is 4.29. The Hall–Kier alpha value is -0.160. The molecule has 0 heterocycles. The monoisotopic (exact) mass is 272 g/mol. The van der Waals surface area contributed by atoms with Crippen molar-refractivity contribution in [3.05, 3.63) is 0 Å². The quantitative estimate of drug-likeness (QED) is 0.584. The minimum absolute atomic E-state index is 0.0226. The fourth-order valence-corrected chi connectivity index (χ4v) is 3.46. The molecule has 0 radical (unpaired) electrons. The van der Waals surface area contributed by atoms with E-state index in [0.717, 1.165) is 52.2 Å². The lowest BCUT2D eigenvalue weighted by atomic mass is 10.1. The first-order valence-electron chi connectivity index (χ1n) is 8.07. The van der Waals surface area contributed by atoms with Gasteiger partial charge in [-0.3, -0.25) is 14.7 Å². The summed E-state index contributed by atoms with van der Waals surface area (Å²) < 4.78 is 0. The number of nitrogens with zero attached hydrogens (tertiary/aromatic N) is 3. The lowest BCUT2D eigenvalue weighted by Crippen LogP contribution is -2.70. The molecule has 4 heteroatoms. The average Bonchev–Trinajstić information content (AvgIpc) is 2.42. The topological polar surface area (TPSA) is 35.7 Å². The highest BCUT2D eigenvalue weighted by Gasteiger charge is 2.43. The maximum Gasteiger partial charge on any atom is 0.132 e. The largest absolute Gasteiger partial charge is 0.330 e. The van der Waals surface area contributed by atoms with Crippen LogP contribution in [0.15, 0.2) is 0 Å². The van der Waals surface area contributed by atoms with Gasteiger partial charge >= 0.3 is 0 Å². The molecule has 0 saturated heterocycles. The van der Waals surface area contributed by atoms with Gasteiger partial charge in [0.25, 0.3) is 0 Å². The van der Waals surface area contributed by atoms with Gasteiger partial charge in [-0.25, -0.2) is 0 Å². The van der Waals surface area contributed by atoms with Crippen LogP contribution in [0, 0.1) is 0 Å². The summed E-state index contributed by atoms with van der Waals surface area (Å²) in [4.78, 5) is 7.71. The Morgan fingerprint density at radius 1 is 0.632 bits per heavy atom. The molecule has 0 aliphatic rings. The molecule has 0 aromatic rings. The SMILES string of the molecule is CCN(CC)C(CCN)(N(CC)CC)N(CC)CC. The van der Waals surface area contributed by atoms with Gasteiger partial charge in [-0.05, 0) is 45.8 Å². The molecule has 0 aromatic carbocycles. The van der Waals surface area contributed by atoms with Crippen molar-refractivity contribution in [1.82, 2.24) is 14.7 Å². The van der Waals surface area contributed by atoms with E-state index in [4.69, 9.17) is 5.73 Å². The normalized spacial score (nSPS) is 12.9. The van der Waals surface area contributed by atoms with Crippen LogP contribution in [0.4, 0.5) is 0 Å². The summed E-state index contributed by atoms with van der Waals surface area (Å²) in [6, 6.07) is 0. The van der Waals surface area contributed by atoms with Gasteiger partial charge in [-0.15, -0.1) is 0 Å². The zero-order chi connectivity index (χ0) is 14.9. The summed E-state index contributed by atoms with van der Waals surface area (Å²) in [5, 5.41) is 0. The third-order valence-corrected chi connectivity index (χ3v) is 4.29. The molecule has 19 heavy (non-hydrogen) atoms. The van der Waals surface area contributed by atoms with E-state index < -0.39 is 0 Å². The van der Waals surface area contributed by atoms with Gasteiger partial charge in [-0.1, -0.05) is 41.5 Å². The molecule has 116 valence electrons. The van der Waals surface area contributed by atoms with Crippen LogP contribution in [0.3, 0.4) is 0 Å². The van der Waals surface area contributed by atoms with Gasteiger partial charge in [0.15, 0.2) is 0 Å². The second-order valence-corrected chi connectivity index (χ2v) is 4.83. The van der Waals surface area contributed by atoms with E-state index in [-0.39, 0.29) is 5.79 Å². The zero-order valence-corrected chi connectivity index (χ0v) is 14.1. The van der Waals surface area contributed by atoms with Crippen LogP contribution >= 0.6 is 0 Å². The highest BCUT2D eigenvalue weighted by atomic mass is 15.6. The molecular formula is C15H36N4. The van der Waals surface area contributed by atoms with Crippen molar-refractivity contribution in [2.24, 2.45) is 5.73 Å². The van der Waals surface area contributed by atoms with E-state index >= 15 is 0 Å². The predicted octanol–water partition coefficient (Wildman–Crippen LogP) is 2.01. The van der Waals surface area contributed by atoms with Gasteiger partial charge in [0, 0.05) is 6.42 Å². The van der Waals surface area contributed by atoms with Gasteiger partial charge in [0.2, 0.25) is 0 Å². The maximum absolute atomic E-state index is 5.98. The van der Waals surface area contributed by atoms with E-state index in [2.05, 4.69) is 56.2 Å². The number of nitrogens with two attached hydrogens (primary N) is 1. The Labute approximate surface area is 120 Å². The minimum Gasteiger partial charge on any atom is -0.330 e. The maximum atomic E-state index is 5.98. The Kier molecular flexibility index (Phi) is 9.62. The van der Waals surface area contributed by atoms with Gasteiger partial charge in [0.05, 0.1) is 0 Å². The summed E-state index contributed by atoms with van der Waals surface area (Å²) in [5.41, 5.74) is 5.98. The summed E-state index contributed by atoms with van der Waals surface area (Å²) in [6.07, 6.45) is 0.998. The summed E-state index contributed by atoms with van der Waals surface area (Å²) >= 11 is 0. The van der Waals surface area contributed by atoms with E-state index in [0.29, 0.717) is 0 Å². The van der Waals surface area contributed by atoms with Crippen LogP contribution in [0.5, 0.6) is 0 Å². The molecule has 0 atom stereocenters. The molecule has 0 bridgehead atoms. The summed E-state index contributed by atoms with van der Waals surface area (Å²) in [6.45, 7) is 20.6. The molecule has 4 nitrogen and oxygen atoms in total. The van der Waals surface area contributed by atoms with Crippen LogP contribution in [0.2, 0.25) is 0 Å². The third kappa shape index (κ3) is 3.91. The van der Waals surface area contributed by atoms with Gasteiger partial charge in [0.1, 0.15) is 5.79 Å². The number of hydrogen-bond donors (Lipinski definition) is 1. The molecule has 2 N–H and O–H groups in total. The van der Waals surface area contributed by atoms with E-state index in [1.807, 2.05) is 0 Å². The standard InChI is InChI=1S/C15H36N4/c1-7-17(8-2)15(13-14-16,18(9-3)10-4)19(11-5)12-6/h7-14,16H2,1-6H3. The highest BCUT2D eigenvalue weighted by molar-refractivity contribution is 4.89. The summed E-state index contributed by atoms with van der Waals surface area (Å²) in [7, 11) is 0. The molecule has 0 spiro atoms. The van der Waals surface area contributed by atoms with Gasteiger partial charge in [-0.2, -0.15) is 0 Å². The fraction of sp³-hybridized carbons (Fsp3) is 1.00. The Bertz CT molecular complexity index is 177. The van der Waals surface area contributed by atoms with Crippen molar-refractivity contribution in [1.29, 1.82) is 0 Å². The van der Waals surface area contributed by atoms with Crippen LogP contribution in [0.25, 0.3) is 0 Å². The molecule has 0 unspecified atom stereocenters. The fourth-order valence-electron chi connectivity index (χ4n) is 3.46. The Balaban J connectivity index is 5.68. The summed E-state index contributed by atoms with van der Waals surface area (Å²) in [5.74, 6) is -0.0226. The van der Waals surface area contributed by atoms with E-state index in [1.54, 1.807) is 0 Å². The number of hydrogen-bond acceptors (Lipinski definition) is 4. The van der Waals surface area contributed by atoms with E-state index in [9.17, 15) is 0 Å². The minimum atomic E-state index is -0.0226. The van der Waals surface area contributed by atoms with Crippen LogP contribution in [0.1, 0.15) is 48.0 Å². The van der Waals surface area contributed by atoms with Crippen molar-refractivity contribution in [3.63, 3.8) is 0 Å². The van der Waals surface area contributed by atoms with E-state index in [1.165, 1.54) is 0 Å². The Morgan fingerprint density at radius 2 is 0.895 bits per heavy atom. The lowest BCUT2D eigenvalue weighted by molar-refractivity contribution is -0.166. The van der Waals surface area contributed by atoms with Crippen LogP contribution in [-0.2, 0) is 0 Å². The first-order valence-corrected chi connectivity index (χ1v) is 8.07. The first kappa shape index (κ1) is 18.8. The highest BCUT2D eigenvalue weighted by Crippen LogP contribution is 2.28. The molecule has 0 aromatic heterocycles. The predicted molar refractivity (Wildman–Crippen MR) is 85.2 cm³/mol. The molecule has 0 fully saturated rings. The van der Waals surface area contributed by atoms with Crippen LogP contribution in [-0.4, -0.2) is 66.3 Å². The zero-order valence-electron chi connectivity index (χ0n) is 14.1. The average molecular weight is 272 g/mol. The van der Waals surface area contributed by atoms with Crippen molar-refractivity contribution in [3.8, 4) is 0 Å². The van der Waals surface area contributed by atoms with Gasteiger partial charge < -0.3 is 5.73 Å². The van der Waals surface area contributed by atoms with Crippen LogP contribution < -0.4 is 5.73 Å². The molecular weight excluding hydrogens is 236 g/mol. The van der Waals surface area contributed by atoms with Crippen molar-refractivity contribution < 1.29 is 0 Å². The second kappa shape index (κ2) is 9.70. The molecule has 0 saturated carbocycles. The lowest BCUT2D eigenvalue weighted by Gasteiger charge is -2.56. The van der Waals surface area contributed by atoms with Crippen molar-refractivity contribution in [2.45, 2.75) is 53.8 Å².